The van der Waals surface area contributed by atoms with Gasteiger partial charge in [-0.25, -0.2) is 0 Å². The summed E-state index contributed by atoms with van der Waals surface area (Å²) in [5, 5.41) is 12.2. The van der Waals surface area contributed by atoms with E-state index >= 15 is 0 Å². The number of amides is 1. The Morgan fingerprint density at radius 2 is 2.00 bits per heavy atom. The van der Waals surface area contributed by atoms with Gasteiger partial charge in [0.1, 0.15) is 0 Å². The van der Waals surface area contributed by atoms with Gasteiger partial charge in [-0.15, -0.1) is 11.3 Å². The summed E-state index contributed by atoms with van der Waals surface area (Å²) in [7, 11) is 0. The molecule has 1 fully saturated rings. The Bertz CT molecular complexity index is 475. The van der Waals surface area contributed by atoms with E-state index < -0.39 is 11.4 Å². The SMILES string of the molecule is Cc1ccc(C(=O)NCC2(C(=O)O)CCCCC2)s1. The first-order valence-corrected chi connectivity index (χ1v) is 7.43. The fourth-order valence-corrected chi connectivity index (χ4v) is 3.37. The molecule has 1 aliphatic rings. The average Bonchev–Trinajstić information content (AvgIpc) is 2.83. The van der Waals surface area contributed by atoms with Gasteiger partial charge in [0, 0.05) is 11.4 Å². The van der Waals surface area contributed by atoms with Crippen molar-refractivity contribution in [1.82, 2.24) is 5.32 Å². The lowest BCUT2D eigenvalue weighted by Crippen LogP contribution is -2.44. The van der Waals surface area contributed by atoms with Gasteiger partial charge in [-0.3, -0.25) is 9.59 Å². The zero-order valence-electron chi connectivity index (χ0n) is 11.1. The first kappa shape index (κ1) is 14.1. The van der Waals surface area contributed by atoms with Crippen LogP contribution in [-0.4, -0.2) is 23.5 Å². The van der Waals surface area contributed by atoms with Crippen LogP contribution in [0.3, 0.4) is 0 Å². The molecule has 0 saturated heterocycles. The molecule has 0 aromatic carbocycles. The van der Waals surface area contributed by atoms with Crippen molar-refractivity contribution in [1.29, 1.82) is 0 Å². The van der Waals surface area contributed by atoms with Gasteiger partial charge in [0.2, 0.25) is 0 Å². The smallest absolute Gasteiger partial charge is 0.311 e. The lowest BCUT2D eigenvalue weighted by molar-refractivity contribution is -0.150. The van der Waals surface area contributed by atoms with Crippen LogP contribution >= 0.6 is 11.3 Å². The Kier molecular flexibility index (Phi) is 4.24. The van der Waals surface area contributed by atoms with Gasteiger partial charge in [0.25, 0.3) is 5.91 Å². The number of carbonyl (C=O) groups is 2. The van der Waals surface area contributed by atoms with Gasteiger partial charge in [-0.05, 0) is 31.9 Å². The number of hydrogen-bond donors (Lipinski definition) is 2. The second kappa shape index (κ2) is 5.74. The number of hydrogen-bond acceptors (Lipinski definition) is 3. The minimum absolute atomic E-state index is 0.163. The predicted molar refractivity (Wildman–Crippen MR) is 74.5 cm³/mol. The first-order valence-electron chi connectivity index (χ1n) is 6.62. The average molecular weight is 281 g/mol. The van der Waals surface area contributed by atoms with Crippen molar-refractivity contribution < 1.29 is 14.7 Å². The van der Waals surface area contributed by atoms with E-state index in [1.807, 2.05) is 13.0 Å². The maximum Gasteiger partial charge on any atom is 0.311 e. The molecule has 5 heteroatoms. The maximum atomic E-state index is 12.0. The summed E-state index contributed by atoms with van der Waals surface area (Å²) < 4.78 is 0. The van der Waals surface area contributed by atoms with Gasteiger partial charge in [0.05, 0.1) is 10.3 Å². The molecule has 0 spiro atoms. The number of carboxylic acids is 1. The van der Waals surface area contributed by atoms with Crippen molar-refractivity contribution in [3.63, 3.8) is 0 Å². The molecular formula is C14H19NO3S. The van der Waals surface area contributed by atoms with Crippen LogP contribution < -0.4 is 5.32 Å². The van der Waals surface area contributed by atoms with Crippen molar-refractivity contribution in [2.45, 2.75) is 39.0 Å². The highest BCUT2D eigenvalue weighted by Gasteiger charge is 2.39. The van der Waals surface area contributed by atoms with Crippen molar-refractivity contribution >= 4 is 23.2 Å². The Morgan fingerprint density at radius 1 is 1.32 bits per heavy atom. The Balaban J connectivity index is 1.99. The molecule has 2 rings (SSSR count). The summed E-state index contributed by atoms with van der Waals surface area (Å²) in [6, 6.07) is 3.68. The molecule has 1 aromatic rings. The molecule has 1 saturated carbocycles. The van der Waals surface area contributed by atoms with Crippen molar-refractivity contribution in [3.05, 3.63) is 21.9 Å². The quantitative estimate of drug-likeness (QED) is 0.891. The monoisotopic (exact) mass is 281 g/mol. The lowest BCUT2D eigenvalue weighted by atomic mass is 9.74. The van der Waals surface area contributed by atoms with E-state index in [2.05, 4.69) is 5.32 Å². The zero-order chi connectivity index (χ0) is 13.9. The van der Waals surface area contributed by atoms with E-state index in [1.165, 1.54) is 11.3 Å². The molecule has 1 amide bonds. The highest BCUT2D eigenvalue weighted by Crippen LogP contribution is 2.36. The third-order valence-corrected chi connectivity index (χ3v) is 4.82. The molecule has 4 nitrogen and oxygen atoms in total. The van der Waals surface area contributed by atoms with Gasteiger partial charge in [-0.1, -0.05) is 19.3 Å². The topological polar surface area (TPSA) is 66.4 Å². The molecule has 104 valence electrons. The summed E-state index contributed by atoms with van der Waals surface area (Å²) in [5.74, 6) is -0.945. The molecule has 0 unspecified atom stereocenters. The van der Waals surface area contributed by atoms with Gasteiger partial charge in [0.15, 0.2) is 0 Å². The van der Waals surface area contributed by atoms with E-state index in [4.69, 9.17) is 0 Å². The molecule has 2 N–H and O–H groups in total. The van der Waals surface area contributed by atoms with Crippen molar-refractivity contribution in [2.75, 3.05) is 6.54 Å². The van der Waals surface area contributed by atoms with E-state index in [9.17, 15) is 14.7 Å². The number of aliphatic carboxylic acids is 1. The summed E-state index contributed by atoms with van der Waals surface area (Å²) in [6.45, 7) is 2.18. The predicted octanol–water partition coefficient (Wildman–Crippen LogP) is 2.82. The molecule has 0 radical (unpaired) electrons. The standard InChI is InChI=1S/C14H19NO3S/c1-10-5-6-11(19-10)12(16)15-9-14(13(17)18)7-3-2-4-8-14/h5-6H,2-4,7-9H2,1H3,(H,15,16)(H,17,18). The zero-order valence-corrected chi connectivity index (χ0v) is 11.9. The summed E-state index contributed by atoms with van der Waals surface area (Å²) in [5.41, 5.74) is -0.764. The number of rotatable bonds is 4. The number of carboxylic acid groups (broad SMARTS) is 1. The number of nitrogens with one attached hydrogen (secondary N) is 1. The molecule has 1 aliphatic carbocycles. The third kappa shape index (κ3) is 3.15. The Morgan fingerprint density at radius 3 is 2.53 bits per heavy atom. The van der Waals surface area contributed by atoms with Crippen LogP contribution in [0.1, 0.15) is 46.7 Å². The van der Waals surface area contributed by atoms with E-state index in [0.717, 1.165) is 24.1 Å². The van der Waals surface area contributed by atoms with Crippen LogP contribution in [0.5, 0.6) is 0 Å². The van der Waals surface area contributed by atoms with Crippen LogP contribution in [0.15, 0.2) is 12.1 Å². The molecule has 1 aromatic heterocycles. The minimum atomic E-state index is -0.783. The Hall–Kier alpha value is -1.36. The molecule has 1 heterocycles. The highest BCUT2D eigenvalue weighted by atomic mass is 32.1. The lowest BCUT2D eigenvalue weighted by Gasteiger charge is -2.33. The molecule has 0 atom stereocenters. The Labute approximate surface area is 116 Å². The first-order chi connectivity index (χ1) is 9.03. The summed E-state index contributed by atoms with van der Waals surface area (Å²) in [4.78, 5) is 25.2. The highest BCUT2D eigenvalue weighted by molar-refractivity contribution is 7.13. The fourth-order valence-electron chi connectivity index (χ4n) is 2.59. The fraction of sp³-hybridized carbons (Fsp3) is 0.571. The van der Waals surface area contributed by atoms with Crippen molar-refractivity contribution in [2.24, 2.45) is 5.41 Å². The number of carbonyl (C=O) groups excluding carboxylic acids is 1. The van der Waals surface area contributed by atoms with E-state index in [1.54, 1.807) is 6.07 Å². The second-order valence-corrected chi connectivity index (χ2v) is 6.53. The summed E-state index contributed by atoms with van der Waals surface area (Å²) >= 11 is 1.43. The molecular weight excluding hydrogens is 262 g/mol. The van der Waals surface area contributed by atoms with Gasteiger partial charge < -0.3 is 10.4 Å². The molecule has 19 heavy (non-hydrogen) atoms. The van der Waals surface area contributed by atoms with Gasteiger partial charge in [-0.2, -0.15) is 0 Å². The third-order valence-electron chi connectivity index (χ3n) is 3.82. The van der Waals surface area contributed by atoms with E-state index in [0.29, 0.717) is 17.7 Å². The van der Waals surface area contributed by atoms with Crippen LogP contribution in [0.4, 0.5) is 0 Å². The van der Waals surface area contributed by atoms with Crippen LogP contribution in [0.25, 0.3) is 0 Å². The van der Waals surface area contributed by atoms with Crippen LogP contribution in [-0.2, 0) is 4.79 Å². The number of thiophene rings is 1. The number of aryl methyl sites for hydroxylation is 1. The molecule has 0 aliphatic heterocycles. The van der Waals surface area contributed by atoms with Crippen LogP contribution in [0, 0.1) is 12.3 Å². The van der Waals surface area contributed by atoms with E-state index in [-0.39, 0.29) is 12.5 Å². The normalized spacial score (nSPS) is 17.9. The second-order valence-electron chi connectivity index (χ2n) is 5.24. The van der Waals surface area contributed by atoms with Crippen LogP contribution in [0.2, 0.25) is 0 Å². The largest absolute Gasteiger partial charge is 0.481 e. The minimum Gasteiger partial charge on any atom is -0.481 e. The van der Waals surface area contributed by atoms with Gasteiger partial charge >= 0.3 is 5.97 Å². The molecule has 0 bridgehead atoms. The summed E-state index contributed by atoms with van der Waals surface area (Å²) in [6.07, 6.45) is 4.27. The van der Waals surface area contributed by atoms with Crippen molar-refractivity contribution in [3.8, 4) is 0 Å². The maximum absolute atomic E-state index is 12.0.